The van der Waals surface area contributed by atoms with Gasteiger partial charge in [-0.1, -0.05) is 20.8 Å². The number of hydrogen-bond donors (Lipinski definition) is 2. The molecule has 1 aromatic heterocycles. The SMILES string of the molecule is CCc1nc(C(=O)NCCOCCC(C)C)n[nH]1. The van der Waals surface area contributed by atoms with Gasteiger partial charge in [0.05, 0.1) is 6.61 Å². The molecule has 1 rings (SSSR count). The van der Waals surface area contributed by atoms with E-state index >= 15 is 0 Å². The highest BCUT2D eigenvalue weighted by Crippen LogP contribution is 1.98. The normalized spacial score (nSPS) is 10.9. The topological polar surface area (TPSA) is 79.9 Å². The third-order valence-corrected chi connectivity index (χ3v) is 2.44. The third-order valence-electron chi connectivity index (χ3n) is 2.44. The van der Waals surface area contributed by atoms with Crippen LogP contribution in [0.1, 0.15) is 43.6 Å². The summed E-state index contributed by atoms with van der Waals surface area (Å²) in [5, 5.41) is 9.26. The average Bonchev–Trinajstić information content (AvgIpc) is 2.81. The van der Waals surface area contributed by atoms with Crippen LogP contribution in [0.5, 0.6) is 0 Å². The summed E-state index contributed by atoms with van der Waals surface area (Å²) in [6, 6.07) is 0. The number of carbonyl (C=O) groups is 1. The molecule has 0 bridgehead atoms. The highest BCUT2D eigenvalue weighted by molar-refractivity contribution is 5.90. The van der Waals surface area contributed by atoms with Crippen molar-refractivity contribution in [3.05, 3.63) is 11.6 Å². The zero-order valence-electron chi connectivity index (χ0n) is 11.3. The molecule has 0 saturated carbocycles. The molecule has 0 radical (unpaired) electrons. The molecular formula is C12H22N4O2. The summed E-state index contributed by atoms with van der Waals surface area (Å²) in [4.78, 5) is 15.7. The summed E-state index contributed by atoms with van der Waals surface area (Å²) < 4.78 is 5.39. The third kappa shape index (κ3) is 5.27. The van der Waals surface area contributed by atoms with Crippen molar-refractivity contribution in [2.45, 2.75) is 33.6 Å². The van der Waals surface area contributed by atoms with Crippen molar-refractivity contribution < 1.29 is 9.53 Å². The van der Waals surface area contributed by atoms with Crippen molar-refractivity contribution in [3.8, 4) is 0 Å². The number of aromatic amines is 1. The lowest BCUT2D eigenvalue weighted by Gasteiger charge is -2.06. The lowest BCUT2D eigenvalue weighted by atomic mass is 10.1. The van der Waals surface area contributed by atoms with Gasteiger partial charge in [-0.15, -0.1) is 5.10 Å². The van der Waals surface area contributed by atoms with Crippen molar-refractivity contribution in [1.82, 2.24) is 20.5 Å². The molecule has 0 spiro atoms. The monoisotopic (exact) mass is 254 g/mol. The smallest absolute Gasteiger partial charge is 0.291 e. The Labute approximate surface area is 108 Å². The van der Waals surface area contributed by atoms with Crippen LogP contribution < -0.4 is 5.32 Å². The van der Waals surface area contributed by atoms with E-state index in [1.807, 2.05) is 6.92 Å². The Kier molecular flexibility index (Phi) is 6.35. The summed E-state index contributed by atoms with van der Waals surface area (Å²) in [6.07, 6.45) is 1.77. The minimum Gasteiger partial charge on any atom is -0.380 e. The molecule has 0 saturated heterocycles. The fraction of sp³-hybridized carbons (Fsp3) is 0.750. The van der Waals surface area contributed by atoms with Crippen LogP contribution in [-0.2, 0) is 11.2 Å². The predicted octanol–water partition coefficient (Wildman–Crippen LogP) is 1.16. The second-order valence-electron chi connectivity index (χ2n) is 4.51. The summed E-state index contributed by atoms with van der Waals surface area (Å²) in [5.41, 5.74) is 0. The number of aryl methyl sites for hydroxylation is 1. The molecule has 0 fully saturated rings. The maximum atomic E-state index is 11.6. The van der Waals surface area contributed by atoms with Gasteiger partial charge in [-0.05, 0) is 12.3 Å². The molecule has 0 aliphatic rings. The lowest BCUT2D eigenvalue weighted by molar-refractivity contribution is 0.0896. The Morgan fingerprint density at radius 3 is 2.83 bits per heavy atom. The molecule has 0 aromatic carbocycles. The van der Waals surface area contributed by atoms with Gasteiger partial charge >= 0.3 is 0 Å². The maximum Gasteiger partial charge on any atom is 0.291 e. The van der Waals surface area contributed by atoms with Gasteiger partial charge in [-0.3, -0.25) is 9.89 Å². The summed E-state index contributed by atoms with van der Waals surface area (Å²) in [7, 11) is 0. The molecule has 0 unspecified atom stereocenters. The molecular weight excluding hydrogens is 232 g/mol. The summed E-state index contributed by atoms with van der Waals surface area (Å²) in [6.45, 7) is 7.98. The van der Waals surface area contributed by atoms with Gasteiger partial charge in [-0.25, -0.2) is 4.98 Å². The van der Waals surface area contributed by atoms with Crippen molar-refractivity contribution in [2.75, 3.05) is 19.8 Å². The van der Waals surface area contributed by atoms with Crippen LogP contribution in [0.3, 0.4) is 0 Å². The molecule has 6 heteroatoms. The number of carbonyl (C=O) groups excluding carboxylic acids is 1. The minimum atomic E-state index is -0.265. The van der Waals surface area contributed by atoms with Crippen LogP contribution in [0.4, 0.5) is 0 Å². The molecule has 1 heterocycles. The molecule has 2 N–H and O–H groups in total. The van der Waals surface area contributed by atoms with E-state index in [2.05, 4.69) is 34.3 Å². The van der Waals surface area contributed by atoms with Crippen molar-refractivity contribution in [1.29, 1.82) is 0 Å². The van der Waals surface area contributed by atoms with Gasteiger partial charge in [0.25, 0.3) is 5.91 Å². The van der Waals surface area contributed by atoms with Gasteiger partial charge in [0.1, 0.15) is 5.82 Å². The number of ether oxygens (including phenoxy) is 1. The fourth-order valence-electron chi connectivity index (χ4n) is 1.29. The number of amides is 1. The molecule has 0 atom stereocenters. The van der Waals surface area contributed by atoms with E-state index in [0.717, 1.165) is 19.4 Å². The van der Waals surface area contributed by atoms with Gasteiger partial charge in [0, 0.05) is 19.6 Å². The quantitative estimate of drug-likeness (QED) is 0.682. The molecule has 1 aromatic rings. The van der Waals surface area contributed by atoms with Crippen LogP contribution in [0, 0.1) is 5.92 Å². The van der Waals surface area contributed by atoms with Crippen LogP contribution >= 0.6 is 0 Å². The first-order valence-corrected chi connectivity index (χ1v) is 6.40. The number of aromatic nitrogens is 3. The number of nitrogens with one attached hydrogen (secondary N) is 2. The Bertz CT molecular complexity index is 363. The first kappa shape index (κ1) is 14.6. The van der Waals surface area contributed by atoms with Crippen LogP contribution in [-0.4, -0.2) is 40.8 Å². The van der Waals surface area contributed by atoms with Crippen molar-refractivity contribution in [2.24, 2.45) is 5.92 Å². The number of H-pyrrole nitrogens is 1. The first-order chi connectivity index (χ1) is 8.63. The molecule has 0 aliphatic carbocycles. The highest BCUT2D eigenvalue weighted by Gasteiger charge is 2.10. The standard InChI is InChI=1S/C12H22N4O2/c1-4-10-14-11(16-15-10)12(17)13-6-8-18-7-5-9(2)3/h9H,4-8H2,1-3H3,(H,13,17)(H,14,15,16). The van der Waals surface area contributed by atoms with E-state index in [9.17, 15) is 4.79 Å². The maximum absolute atomic E-state index is 11.6. The average molecular weight is 254 g/mol. The van der Waals surface area contributed by atoms with E-state index in [1.54, 1.807) is 0 Å². The summed E-state index contributed by atoms with van der Waals surface area (Å²) >= 11 is 0. The Balaban J connectivity index is 2.13. The minimum absolute atomic E-state index is 0.189. The molecule has 6 nitrogen and oxygen atoms in total. The van der Waals surface area contributed by atoms with Crippen LogP contribution in [0.15, 0.2) is 0 Å². The summed E-state index contributed by atoms with van der Waals surface area (Å²) in [5.74, 6) is 1.28. The molecule has 18 heavy (non-hydrogen) atoms. The van der Waals surface area contributed by atoms with Gasteiger partial charge in [-0.2, -0.15) is 0 Å². The van der Waals surface area contributed by atoms with Gasteiger partial charge in [0.2, 0.25) is 5.82 Å². The molecule has 1 amide bonds. The van der Waals surface area contributed by atoms with E-state index in [1.165, 1.54) is 0 Å². The first-order valence-electron chi connectivity index (χ1n) is 6.40. The zero-order chi connectivity index (χ0) is 13.4. The predicted molar refractivity (Wildman–Crippen MR) is 68.4 cm³/mol. The Morgan fingerprint density at radius 2 is 2.22 bits per heavy atom. The van der Waals surface area contributed by atoms with E-state index < -0.39 is 0 Å². The van der Waals surface area contributed by atoms with E-state index in [0.29, 0.717) is 24.9 Å². The zero-order valence-corrected chi connectivity index (χ0v) is 11.3. The van der Waals surface area contributed by atoms with Crippen molar-refractivity contribution >= 4 is 5.91 Å². The highest BCUT2D eigenvalue weighted by atomic mass is 16.5. The van der Waals surface area contributed by atoms with Crippen LogP contribution in [0.2, 0.25) is 0 Å². The number of rotatable bonds is 8. The Hall–Kier alpha value is -1.43. The second-order valence-corrected chi connectivity index (χ2v) is 4.51. The van der Waals surface area contributed by atoms with Gasteiger partial charge in [0.15, 0.2) is 0 Å². The van der Waals surface area contributed by atoms with E-state index in [-0.39, 0.29) is 11.7 Å². The second kappa shape index (κ2) is 7.81. The van der Waals surface area contributed by atoms with Crippen molar-refractivity contribution in [3.63, 3.8) is 0 Å². The van der Waals surface area contributed by atoms with Gasteiger partial charge < -0.3 is 10.1 Å². The Morgan fingerprint density at radius 1 is 1.44 bits per heavy atom. The number of nitrogens with zero attached hydrogens (tertiary/aromatic N) is 2. The lowest BCUT2D eigenvalue weighted by Crippen LogP contribution is -2.28. The largest absolute Gasteiger partial charge is 0.380 e. The number of hydrogen-bond acceptors (Lipinski definition) is 4. The molecule has 102 valence electrons. The van der Waals surface area contributed by atoms with Crippen LogP contribution in [0.25, 0.3) is 0 Å². The molecule has 0 aliphatic heterocycles. The fourth-order valence-corrected chi connectivity index (χ4v) is 1.29. The van der Waals surface area contributed by atoms with E-state index in [4.69, 9.17) is 4.74 Å².